The molecule has 0 N–H and O–H groups in total. The van der Waals surface area contributed by atoms with Gasteiger partial charge in [-0.25, -0.2) is 0 Å². The predicted molar refractivity (Wildman–Crippen MR) is 103 cm³/mol. The van der Waals surface area contributed by atoms with E-state index in [0.717, 1.165) is 29.8 Å². The zero-order valence-corrected chi connectivity index (χ0v) is 16.3. The van der Waals surface area contributed by atoms with Gasteiger partial charge in [0.1, 0.15) is 0 Å². The third kappa shape index (κ3) is 3.85. The van der Waals surface area contributed by atoms with Crippen molar-refractivity contribution in [2.24, 2.45) is 0 Å². The lowest BCUT2D eigenvalue weighted by molar-refractivity contribution is 0.206. The molecule has 1 aliphatic rings. The molecule has 1 atom stereocenters. The molecule has 1 aliphatic heterocycles. The molecule has 1 fully saturated rings. The second kappa shape index (κ2) is 6.64. The van der Waals surface area contributed by atoms with Gasteiger partial charge in [0.15, 0.2) is 0 Å². The van der Waals surface area contributed by atoms with Gasteiger partial charge < -0.3 is 4.90 Å². The Balaban J connectivity index is 1.80. The lowest BCUT2D eigenvalue weighted by atomic mass is 9.92. The van der Waals surface area contributed by atoms with Gasteiger partial charge >= 0.3 is 0 Å². The van der Waals surface area contributed by atoms with Crippen molar-refractivity contribution in [1.29, 1.82) is 0 Å². The normalized spacial score (nSPS) is 21.9. The molecule has 0 bridgehead atoms. The first kappa shape index (κ1) is 17.1. The Bertz CT molecular complexity index is 684. The van der Waals surface area contributed by atoms with Crippen molar-refractivity contribution in [3.63, 3.8) is 0 Å². The smallest absolute Gasteiger partial charge is 0.0710 e. The molecule has 2 nitrogen and oxygen atoms in total. The number of halogens is 3. The highest BCUT2D eigenvalue weighted by atomic mass is 79.9. The van der Waals surface area contributed by atoms with Gasteiger partial charge in [-0.3, -0.25) is 4.90 Å². The number of anilines is 1. The fourth-order valence-electron chi connectivity index (χ4n) is 3.14. The highest BCUT2D eigenvalue weighted by Gasteiger charge is 2.38. The van der Waals surface area contributed by atoms with Crippen LogP contribution in [-0.2, 0) is 6.42 Å². The minimum Gasteiger partial charge on any atom is -0.357 e. The number of hydrogen-bond acceptors (Lipinski definition) is 2. The summed E-state index contributed by atoms with van der Waals surface area (Å²) in [6.07, 6.45) is 1.00. The van der Waals surface area contributed by atoms with E-state index in [4.69, 9.17) is 23.2 Å². The van der Waals surface area contributed by atoms with Crippen LogP contribution in [0.5, 0.6) is 0 Å². The van der Waals surface area contributed by atoms with E-state index in [9.17, 15) is 0 Å². The van der Waals surface area contributed by atoms with E-state index in [1.165, 1.54) is 5.56 Å². The van der Waals surface area contributed by atoms with Crippen LogP contribution < -0.4 is 4.90 Å². The molecule has 5 heteroatoms. The molecule has 0 radical (unpaired) electrons. The summed E-state index contributed by atoms with van der Waals surface area (Å²) in [5, 5.41) is 1.35. The van der Waals surface area contributed by atoms with Crippen molar-refractivity contribution < 1.29 is 0 Å². The van der Waals surface area contributed by atoms with Gasteiger partial charge in [-0.2, -0.15) is 0 Å². The molecule has 2 aromatic carbocycles. The lowest BCUT2D eigenvalue weighted by Crippen LogP contribution is -2.42. The highest BCUT2D eigenvalue weighted by molar-refractivity contribution is 9.10. The monoisotopic (exact) mass is 412 g/mol. The van der Waals surface area contributed by atoms with Gasteiger partial charge in [0.2, 0.25) is 0 Å². The number of rotatable bonds is 3. The first-order chi connectivity index (χ1) is 10.9. The minimum absolute atomic E-state index is 0.0720. The third-order valence-corrected chi connectivity index (χ3v) is 5.51. The molecule has 1 heterocycles. The molecule has 1 saturated heterocycles. The lowest BCUT2D eigenvalue weighted by Gasteiger charge is -2.30. The van der Waals surface area contributed by atoms with Crippen LogP contribution in [0.25, 0.3) is 0 Å². The molecular weight excluding hydrogens is 395 g/mol. The number of hydrogen-bond donors (Lipinski definition) is 0. The fraction of sp³-hybridized carbons (Fsp3) is 0.333. The zero-order valence-electron chi connectivity index (χ0n) is 13.2. The van der Waals surface area contributed by atoms with Crippen molar-refractivity contribution in [2.45, 2.75) is 18.9 Å². The van der Waals surface area contributed by atoms with Gasteiger partial charge in [0.05, 0.1) is 6.67 Å². The van der Waals surface area contributed by atoms with E-state index < -0.39 is 0 Å². The topological polar surface area (TPSA) is 6.48 Å². The van der Waals surface area contributed by atoms with Crippen LogP contribution in [0.2, 0.25) is 10.0 Å². The van der Waals surface area contributed by atoms with Crippen LogP contribution in [0.4, 0.5) is 5.69 Å². The summed E-state index contributed by atoms with van der Waals surface area (Å²) < 4.78 is 1.11. The van der Waals surface area contributed by atoms with E-state index in [1.54, 1.807) is 6.07 Å². The Morgan fingerprint density at radius 2 is 1.70 bits per heavy atom. The number of benzene rings is 2. The maximum atomic E-state index is 6.15. The van der Waals surface area contributed by atoms with Gasteiger partial charge in [-0.15, -0.1) is 0 Å². The van der Waals surface area contributed by atoms with Crippen LogP contribution in [0.3, 0.4) is 0 Å². The SMILES string of the molecule is CN1CN(c2cc(Cl)cc(Cl)c2)C[C@@]1(C)Cc1ccc(Br)cc1. The van der Waals surface area contributed by atoms with Crippen LogP contribution in [0, 0.1) is 0 Å². The second-order valence-electron chi connectivity index (χ2n) is 6.47. The zero-order chi connectivity index (χ0) is 16.6. The maximum absolute atomic E-state index is 6.15. The molecule has 0 unspecified atom stereocenters. The average Bonchev–Trinajstić information content (AvgIpc) is 2.76. The number of nitrogens with zero attached hydrogens (tertiary/aromatic N) is 2. The first-order valence-corrected chi connectivity index (χ1v) is 9.07. The molecule has 0 aliphatic carbocycles. The van der Waals surface area contributed by atoms with Crippen LogP contribution in [-0.4, -0.2) is 30.7 Å². The van der Waals surface area contributed by atoms with Gasteiger partial charge in [-0.1, -0.05) is 51.3 Å². The van der Waals surface area contributed by atoms with E-state index in [1.807, 2.05) is 12.1 Å². The minimum atomic E-state index is 0.0720. The maximum Gasteiger partial charge on any atom is 0.0710 e. The van der Waals surface area contributed by atoms with E-state index in [0.29, 0.717) is 10.0 Å². The summed E-state index contributed by atoms with van der Waals surface area (Å²) in [4.78, 5) is 4.72. The predicted octanol–water partition coefficient (Wildman–Crippen LogP) is 5.47. The first-order valence-electron chi connectivity index (χ1n) is 7.52. The molecule has 2 aromatic rings. The van der Waals surface area contributed by atoms with Crippen molar-refractivity contribution in [2.75, 3.05) is 25.2 Å². The second-order valence-corrected chi connectivity index (χ2v) is 8.25. The van der Waals surface area contributed by atoms with Crippen LogP contribution in [0.15, 0.2) is 46.9 Å². The summed E-state index contributed by atoms with van der Waals surface area (Å²) in [5.41, 5.74) is 2.49. The van der Waals surface area contributed by atoms with E-state index in [2.05, 4.69) is 64.0 Å². The third-order valence-electron chi connectivity index (χ3n) is 4.55. The highest BCUT2D eigenvalue weighted by Crippen LogP contribution is 2.33. The summed E-state index contributed by atoms with van der Waals surface area (Å²) in [5.74, 6) is 0. The summed E-state index contributed by atoms with van der Waals surface area (Å²) in [6.45, 7) is 4.11. The van der Waals surface area contributed by atoms with Crippen molar-refractivity contribution >= 4 is 44.8 Å². The Kier molecular flexibility index (Phi) is 4.93. The molecule has 0 aromatic heterocycles. The Morgan fingerprint density at radius 1 is 1.09 bits per heavy atom. The van der Waals surface area contributed by atoms with E-state index >= 15 is 0 Å². The Hall–Kier alpha value is -0.740. The van der Waals surface area contributed by atoms with Crippen molar-refractivity contribution in [3.8, 4) is 0 Å². The van der Waals surface area contributed by atoms with Crippen molar-refractivity contribution in [3.05, 3.63) is 62.5 Å². The molecule has 3 rings (SSSR count). The largest absolute Gasteiger partial charge is 0.357 e. The van der Waals surface area contributed by atoms with E-state index in [-0.39, 0.29) is 5.54 Å². The summed E-state index contributed by atoms with van der Waals surface area (Å²) in [6, 6.07) is 14.3. The summed E-state index contributed by atoms with van der Waals surface area (Å²) in [7, 11) is 2.17. The van der Waals surface area contributed by atoms with Crippen LogP contribution in [0.1, 0.15) is 12.5 Å². The molecule has 23 heavy (non-hydrogen) atoms. The Morgan fingerprint density at radius 3 is 2.30 bits per heavy atom. The molecule has 0 spiro atoms. The average molecular weight is 414 g/mol. The quantitative estimate of drug-likeness (QED) is 0.658. The number of likely N-dealkylation sites (N-methyl/N-ethyl adjacent to an activating group) is 1. The molecule has 122 valence electrons. The molecule has 0 saturated carbocycles. The fourth-order valence-corrected chi connectivity index (χ4v) is 3.92. The Labute approximate surface area is 156 Å². The molecule has 0 amide bonds. The van der Waals surface area contributed by atoms with Gasteiger partial charge in [-0.05, 0) is 56.3 Å². The van der Waals surface area contributed by atoms with Crippen molar-refractivity contribution in [1.82, 2.24) is 4.90 Å². The summed E-state index contributed by atoms with van der Waals surface area (Å²) >= 11 is 15.8. The molecular formula is C18H19BrCl2N2. The van der Waals surface area contributed by atoms with Gasteiger partial charge in [0.25, 0.3) is 0 Å². The van der Waals surface area contributed by atoms with Crippen LogP contribution >= 0.6 is 39.1 Å². The standard InChI is InChI=1S/C18H19BrCl2N2/c1-18(10-13-3-5-14(19)6-4-13)11-23(12-22(18)2)17-8-15(20)7-16(21)9-17/h3-9H,10-12H2,1-2H3/t18-/m1/s1. The van der Waals surface area contributed by atoms with Gasteiger partial charge in [0, 0.05) is 32.3 Å².